The highest BCUT2D eigenvalue weighted by Crippen LogP contribution is 2.33. The molecule has 0 fully saturated rings. The van der Waals surface area contributed by atoms with Gasteiger partial charge in [0, 0.05) is 18.0 Å². The summed E-state index contributed by atoms with van der Waals surface area (Å²) in [5.74, 6) is -0.795. The predicted octanol–water partition coefficient (Wildman–Crippen LogP) is 3.86. The second kappa shape index (κ2) is 7.43. The lowest BCUT2D eigenvalue weighted by molar-refractivity contribution is -0.137. The number of aromatic nitrogens is 3. The molecule has 28 heavy (non-hydrogen) atoms. The highest BCUT2D eigenvalue weighted by atomic mass is 35.5. The Bertz CT molecular complexity index is 1100. The summed E-state index contributed by atoms with van der Waals surface area (Å²) in [5.41, 5.74) is -2.40. The summed E-state index contributed by atoms with van der Waals surface area (Å²) < 4.78 is 40.9. The number of hydrogen-bond acceptors (Lipinski definition) is 4. The molecule has 1 N–H and O–H groups in total. The number of rotatable bonds is 3. The summed E-state index contributed by atoms with van der Waals surface area (Å²) in [6, 6.07) is 8.67. The monoisotopic (exact) mass is 408 g/mol. The average molecular weight is 409 g/mol. The average Bonchev–Trinajstić information content (AvgIpc) is 2.63. The normalized spacial score (nSPS) is 11.3. The Balaban J connectivity index is 2.06. The van der Waals surface area contributed by atoms with Crippen molar-refractivity contribution in [2.24, 2.45) is 0 Å². The van der Waals surface area contributed by atoms with Crippen LogP contribution >= 0.6 is 11.6 Å². The molecular weight excluding hydrogens is 397 g/mol. The van der Waals surface area contributed by atoms with Crippen molar-refractivity contribution >= 4 is 23.3 Å². The van der Waals surface area contributed by atoms with E-state index in [4.69, 9.17) is 11.6 Å². The second-order valence-electron chi connectivity index (χ2n) is 5.74. The lowest BCUT2D eigenvalue weighted by Crippen LogP contribution is -2.27. The van der Waals surface area contributed by atoms with Crippen LogP contribution in [-0.2, 0) is 6.18 Å². The Morgan fingerprint density at radius 2 is 1.89 bits per heavy atom. The Kier molecular flexibility index (Phi) is 5.19. The van der Waals surface area contributed by atoms with Crippen LogP contribution < -0.4 is 10.7 Å². The molecule has 3 aromatic rings. The van der Waals surface area contributed by atoms with E-state index < -0.39 is 28.8 Å². The number of aryl methyl sites for hydroxylation is 1. The van der Waals surface area contributed by atoms with Gasteiger partial charge in [0.2, 0.25) is 5.43 Å². The summed E-state index contributed by atoms with van der Waals surface area (Å²) >= 11 is 5.72. The van der Waals surface area contributed by atoms with Crippen molar-refractivity contribution in [3.8, 4) is 5.69 Å². The van der Waals surface area contributed by atoms with Crippen molar-refractivity contribution in [2.45, 2.75) is 13.1 Å². The molecule has 0 saturated heterocycles. The molecule has 3 rings (SSSR count). The number of halogens is 4. The fourth-order valence-corrected chi connectivity index (χ4v) is 2.58. The molecule has 1 aromatic carbocycles. The zero-order valence-electron chi connectivity index (χ0n) is 14.3. The van der Waals surface area contributed by atoms with E-state index in [2.05, 4.69) is 15.4 Å². The molecule has 0 atom stereocenters. The summed E-state index contributed by atoms with van der Waals surface area (Å²) in [5, 5.41) is 6.58. The van der Waals surface area contributed by atoms with Gasteiger partial charge in [-0.2, -0.15) is 18.3 Å². The number of nitrogens with one attached hydrogen (secondary N) is 1. The summed E-state index contributed by atoms with van der Waals surface area (Å²) in [6.45, 7) is 1.42. The second-order valence-corrected chi connectivity index (χ2v) is 6.18. The van der Waals surface area contributed by atoms with Crippen LogP contribution in [0, 0.1) is 6.92 Å². The molecular formula is C18H12ClF3N4O2. The summed E-state index contributed by atoms with van der Waals surface area (Å²) in [7, 11) is 0. The molecule has 0 spiro atoms. The third-order valence-corrected chi connectivity index (χ3v) is 3.95. The van der Waals surface area contributed by atoms with Gasteiger partial charge in [-0.3, -0.25) is 9.59 Å². The molecule has 6 nitrogen and oxygen atoms in total. The number of carbonyl (C=O) groups excluding carboxylic acids is 1. The maximum Gasteiger partial charge on any atom is 0.418 e. The van der Waals surface area contributed by atoms with Crippen LogP contribution in [0.3, 0.4) is 0 Å². The summed E-state index contributed by atoms with van der Waals surface area (Å²) in [4.78, 5) is 28.5. The van der Waals surface area contributed by atoms with E-state index in [0.717, 1.165) is 16.8 Å². The zero-order valence-corrected chi connectivity index (χ0v) is 15.0. The van der Waals surface area contributed by atoms with Gasteiger partial charge in [0.05, 0.1) is 16.3 Å². The van der Waals surface area contributed by atoms with Crippen LogP contribution in [0.5, 0.6) is 0 Å². The lowest BCUT2D eigenvalue weighted by Gasteiger charge is -2.16. The fraction of sp³-hybridized carbons (Fsp3) is 0.111. The molecule has 2 aromatic heterocycles. The van der Waals surface area contributed by atoms with Crippen LogP contribution in [0.2, 0.25) is 5.02 Å². The van der Waals surface area contributed by atoms with Gasteiger partial charge in [-0.1, -0.05) is 23.7 Å². The smallest absolute Gasteiger partial charge is 0.305 e. The number of pyridine rings is 1. The lowest BCUT2D eigenvalue weighted by atomic mass is 10.1. The Morgan fingerprint density at radius 3 is 2.54 bits per heavy atom. The highest BCUT2D eigenvalue weighted by Gasteiger charge is 2.34. The molecule has 1 amide bonds. The molecule has 0 radical (unpaired) electrons. The van der Waals surface area contributed by atoms with Crippen LogP contribution in [0.25, 0.3) is 5.69 Å². The first-order valence-corrected chi connectivity index (χ1v) is 8.25. The van der Waals surface area contributed by atoms with Crippen LogP contribution in [-0.4, -0.2) is 20.7 Å². The predicted molar refractivity (Wildman–Crippen MR) is 96.8 cm³/mol. The number of hydrogen-bond donors (Lipinski definition) is 1. The van der Waals surface area contributed by atoms with Crippen LogP contribution in [0.1, 0.15) is 21.7 Å². The van der Waals surface area contributed by atoms with Crippen molar-refractivity contribution in [1.29, 1.82) is 0 Å². The van der Waals surface area contributed by atoms with Gasteiger partial charge < -0.3 is 5.32 Å². The molecule has 0 unspecified atom stereocenters. The molecule has 144 valence electrons. The Hall–Kier alpha value is -3.20. The first kappa shape index (κ1) is 19.6. The van der Waals surface area contributed by atoms with Gasteiger partial charge in [-0.25, -0.2) is 9.67 Å². The third kappa shape index (κ3) is 4.04. The minimum absolute atomic E-state index is 0.110. The van der Waals surface area contributed by atoms with E-state index in [1.165, 1.54) is 43.5 Å². The molecule has 0 aliphatic rings. The number of benzene rings is 1. The van der Waals surface area contributed by atoms with Crippen molar-refractivity contribution in [3.05, 3.63) is 80.9 Å². The van der Waals surface area contributed by atoms with E-state index in [-0.39, 0.29) is 17.2 Å². The minimum atomic E-state index is -4.64. The molecule has 2 heterocycles. The number of amides is 1. The van der Waals surface area contributed by atoms with Crippen LogP contribution in [0.15, 0.2) is 53.5 Å². The van der Waals surface area contributed by atoms with Gasteiger partial charge in [0.15, 0.2) is 5.69 Å². The number of carbonyl (C=O) groups is 1. The van der Waals surface area contributed by atoms with E-state index in [1.54, 1.807) is 0 Å². The minimum Gasteiger partial charge on any atom is -0.305 e. The van der Waals surface area contributed by atoms with E-state index in [0.29, 0.717) is 5.02 Å². The SMILES string of the molecule is Cc1cc(=O)c(C(=O)Nc2ccc(Cl)cn2)nn1-c1ccccc1C(F)(F)F. The number of nitrogens with zero attached hydrogens (tertiary/aromatic N) is 3. The molecule has 0 bridgehead atoms. The zero-order chi connectivity index (χ0) is 20.5. The van der Waals surface area contributed by atoms with Crippen molar-refractivity contribution < 1.29 is 18.0 Å². The van der Waals surface area contributed by atoms with Crippen LogP contribution in [0.4, 0.5) is 19.0 Å². The quantitative estimate of drug-likeness (QED) is 0.714. The van der Waals surface area contributed by atoms with E-state index >= 15 is 0 Å². The molecule has 0 aliphatic carbocycles. The maximum atomic E-state index is 13.3. The van der Waals surface area contributed by atoms with Gasteiger partial charge >= 0.3 is 6.18 Å². The van der Waals surface area contributed by atoms with Crippen molar-refractivity contribution in [1.82, 2.24) is 14.8 Å². The number of para-hydroxylation sites is 1. The maximum absolute atomic E-state index is 13.3. The number of alkyl halides is 3. The van der Waals surface area contributed by atoms with E-state index in [9.17, 15) is 22.8 Å². The Morgan fingerprint density at radius 1 is 1.18 bits per heavy atom. The third-order valence-electron chi connectivity index (χ3n) is 3.73. The van der Waals surface area contributed by atoms with Gasteiger partial charge in [-0.15, -0.1) is 0 Å². The Labute approximate surface area is 161 Å². The fourth-order valence-electron chi connectivity index (χ4n) is 2.47. The van der Waals surface area contributed by atoms with Crippen molar-refractivity contribution in [2.75, 3.05) is 5.32 Å². The molecule has 0 aliphatic heterocycles. The summed E-state index contributed by atoms with van der Waals surface area (Å²) in [6.07, 6.45) is -3.35. The largest absolute Gasteiger partial charge is 0.418 e. The van der Waals surface area contributed by atoms with Crippen molar-refractivity contribution in [3.63, 3.8) is 0 Å². The molecule has 10 heteroatoms. The van der Waals surface area contributed by atoms with Gasteiger partial charge in [-0.05, 0) is 31.2 Å². The topological polar surface area (TPSA) is 76.9 Å². The van der Waals surface area contributed by atoms with Gasteiger partial charge in [0.25, 0.3) is 5.91 Å². The first-order chi connectivity index (χ1) is 13.2. The van der Waals surface area contributed by atoms with E-state index in [1.807, 2.05) is 0 Å². The molecule has 0 saturated carbocycles. The highest BCUT2D eigenvalue weighted by molar-refractivity contribution is 6.30. The first-order valence-electron chi connectivity index (χ1n) is 7.87. The standard InChI is InChI=1S/C18H12ClF3N4O2/c1-10-8-14(27)16(17(28)24-15-7-6-11(19)9-23-15)25-26(10)13-5-3-2-4-12(13)18(20,21)22/h2-9H,1H3,(H,23,24,28). The number of anilines is 1. The van der Waals surface area contributed by atoms with Gasteiger partial charge in [0.1, 0.15) is 5.82 Å².